The van der Waals surface area contributed by atoms with Crippen LogP contribution in [0.25, 0.3) is 0 Å². The molecule has 0 aromatic heterocycles. The van der Waals surface area contributed by atoms with Crippen molar-refractivity contribution < 1.29 is 9.47 Å². The summed E-state index contributed by atoms with van der Waals surface area (Å²) in [6.45, 7) is 6.36. The van der Waals surface area contributed by atoms with Gasteiger partial charge in [-0.2, -0.15) is 0 Å². The first-order valence-corrected chi connectivity index (χ1v) is 4.97. The van der Waals surface area contributed by atoms with E-state index in [0.717, 1.165) is 6.42 Å². The van der Waals surface area contributed by atoms with Gasteiger partial charge in [-0.25, -0.2) is 4.99 Å². The Kier molecular flexibility index (Phi) is 2.75. The van der Waals surface area contributed by atoms with Crippen molar-refractivity contribution in [1.29, 1.82) is 0 Å². The summed E-state index contributed by atoms with van der Waals surface area (Å²) in [6.07, 6.45) is 4.11. The van der Waals surface area contributed by atoms with Crippen LogP contribution in [-0.4, -0.2) is 29.9 Å². The van der Waals surface area contributed by atoms with Crippen LogP contribution in [0.2, 0.25) is 0 Å². The Morgan fingerprint density at radius 3 is 3.13 bits per heavy atom. The number of ether oxygens (including phenoxy) is 2. The fourth-order valence-electron chi connectivity index (χ4n) is 1.55. The van der Waals surface area contributed by atoms with Gasteiger partial charge in [-0.05, 0) is 12.5 Å². The zero-order chi connectivity index (χ0) is 10.8. The number of rotatable bonds is 2. The normalized spacial score (nSPS) is 30.9. The molecule has 82 valence electrons. The van der Waals surface area contributed by atoms with Gasteiger partial charge in [0, 0.05) is 6.20 Å². The number of hydrogen-bond donors (Lipinski definition) is 1. The van der Waals surface area contributed by atoms with Gasteiger partial charge in [-0.3, -0.25) is 0 Å². The Bertz CT molecular complexity index is 325. The minimum atomic E-state index is -0.143. The maximum absolute atomic E-state index is 5.64. The summed E-state index contributed by atoms with van der Waals surface area (Å²) in [7, 11) is 0. The second-order valence-corrected chi connectivity index (χ2v) is 3.44. The summed E-state index contributed by atoms with van der Waals surface area (Å²) < 4.78 is 11.1. The highest BCUT2D eigenvalue weighted by Crippen LogP contribution is 2.22. The molecule has 2 heterocycles. The van der Waals surface area contributed by atoms with Gasteiger partial charge in [0.05, 0.1) is 6.61 Å². The minimum Gasteiger partial charge on any atom is -0.384 e. The molecule has 0 bridgehead atoms. The van der Waals surface area contributed by atoms with Crippen LogP contribution in [0, 0.1) is 0 Å². The first kappa shape index (κ1) is 10.2. The molecule has 2 aliphatic heterocycles. The smallest absolute Gasteiger partial charge is 0.161 e. The molecular weight excluding hydrogens is 194 g/mol. The molecule has 0 aromatic rings. The summed E-state index contributed by atoms with van der Waals surface area (Å²) >= 11 is 0. The molecule has 0 unspecified atom stereocenters. The monoisotopic (exact) mass is 209 g/mol. The van der Waals surface area contributed by atoms with Crippen molar-refractivity contribution >= 4 is 5.84 Å². The highest BCUT2D eigenvalue weighted by Gasteiger charge is 2.30. The molecule has 0 spiro atoms. The van der Waals surface area contributed by atoms with Crippen molar-refractivity contribution in [2.45, 2.75) is 25.9 Å². The van der Waals surface area contributed by atoms with Crippen LogP contribution in [0.4, 0.5) is 0 Å². The lowest BCUT2D eigenvalue weighted by Gasteiger charge is -2.27. The lowest BCUT2D eigenvalue weighted by Crippen LogP contribution is -2.34. The highest BCUT2D eigenvalue weighted by atomic mass is 16.7. The molecule has 5 nitrogen and oxygen atoms in total. The van der Waals surface area contributed by atoms with Gasteiger partial charge in [0.25, 0.3) is 0 Å². The molecule has 15 heavy (non-hydrogen) atoms. The van der Waals surface area contributed by atoms with Gasteiger partial charge < -0.3 is 20.1 Å². The summed E-state index contributed by atoms with van der Waals surface area (Å²) in [5.41, 5.74) is 5.54. The molecule has 2 rings (SSSR count). The quantitative estimate of drug-likeness (QED) is 0.729. The molecule has 1 fully saturated rings. The fourth-order valence-corrected chi connectivity index (χ4v) is 1.55. The summed E-state index contributed by atoms with van der Waals surface area (Å²) in [4.78, 5) is 5.89. The van der Waals surface area contributed by atoms with E-state index in [1.807, 2.05) is 18.0 Å². The third-order valence-corrected chi connectivity index (χ3v) is 2.34. The largest absolute Gasteiger partial charge is 0.384 e. The molecule has 1 saturated heterocycles. The van der Waals surface area contributed by atoms with Crippen molar-refractivity contribution in [2.75, 3.05) is 6.61 Å². The first-order valence-electron chi connectivity index (χ1n) is 4.97. The summed E-state index contributed by atoms with van der Waals surface area (Å²) in [5, 5.41) is 0. The van der Waals surface area contributed by atoms with E-state index >= 15 is 0 Å². The van der Waals surface area contributed by atoms with E-state index in [2.05, 4.69) is 11.6 Å². The van der Waals surface area contributed by atoms with E-state index in [1.54, 1.807) is 6.08 Å². The van der Waals surface area contributed by atoms with Crippen LogP contribution in [0.15, 0.2) is 29.7 Å². The molecule has 5 heteroatoms. The van der Waals surface area contributed by atoms with Crippen molar-refractivity contribution in [3.63, 3.8) is 0 Å². The SMILES string of the molecule is C=C1N=C(N)C=CN1[C@H]1CO[C@@H](CC)O1. The topological polar surface area (TPSA) is 60.1 Å². The van der Waals surface area contributed by atoms with E-state index in [4.69, 9.17) is 15.2 Å². The maximum Gasteiger partial charge on any atom is 0.161 e. The predicted molar refractivity (Wildman–Crippen MR) is 56.6 cm³/mol. The molecule has 0 aliphatic carbocycles. The van der Waals surface area contributed by atoms with Gasteiger partial charge in [0.1, 0.15) is 11.7 Å². The Morgan fingerprint density at radius 1 is 1.73 bits per heavy atom. The second kappa shape index (κ2) is 4.04. The Hall–Kier alpha value is -1.33. The fraction of sp³-hybridized carbons (Fsp3) is 0.500. The highest BCUT2D eigenvalue weighted by molar-refractivity contribution is 5.92. The van der Waals surface area contributed by atoms with E-state index in [0.29, 0.717) is 18.3 Å². The van der Waals surface area contributed by atoms with Crippen LogP contribution in [0.3, 0.4) is 0 Å². The van der Waals surface area contributed by atoms with Gasteiger partial charge in [0.2, 0.25) is 0 Å². The van der Waals surface area contributed by atoms with Crippen molar-refractivity contribution in [3.8, 4) is 0 Å². The van der Waals surface area contributed by atoms with E-state index in [-0.39, 0.29) is 12.5 Å². The Balaban J connectivity index is 2.02. The van der Waals surface area contributed by atoms with Crippen molar-refractivity contribution in [2.24, 2.45) is 10.7 Å². The van der Waals surface area contributed by atoms with E-state index in [9.17, 15) is 0 Å². The third-order valence-electron chi connectivity index (χ3n) is 2.34. The van der Waals surface area contributed by atoms with Crippen LogP contribution >= 0.6 is 0 Å². The Labute approximate surface area is 88.9 Å². The number of nitrogens with zero attached hydrogens (tertiary/aromatic N) is 2. The van der Waals surface area contributed by atoms with Crippen LogP contribution in [0.5, 0.6) is 0 Å². The summed E-state index contributed by atoms with van der Waals surface area (Å²) in [6, 6.07) is 0. The lowest BCUT2D eigenvalue weighted by atomic mass is 10.4. The molecule has 2 atom stereocenters. The van der Waals surface area contributed by atoms with Gasteiger partial charge in [0.15, 0.2) is 12.5 Å². The number of amidine groups is 1. The summed E-state index contributed by atoms with van der Waals surface area (Å²) in [5.74, 6) is 1.04. The lowest BCUT2D eigenvalue weighted by molar-refractivity contribution is -0.0790. The Morgan fingerprint density at radius 2 is 2.53 bits per heavy atom. The molecule has 0 saturated carbocycles. The van der Waals surface area contributed by atoms with E-state index < -0.39 is 0 Å². The first-order chi connectivity index (χ1) is 7.20. The molecule has 2 aliphatic rings. The van der Waals surface area contributed by atoms with E-state index in [1.165, 1.54) is 0 Å². The van der Waals surface area contributed by atoms with Crippen LogP contribution in [0.1, 0.15) is 13.3 Å². The molecule has 0 amide bonds. The zero-order valence-corrected chi connectivity index (χ0v) is 8.72. The zero-order valence-electron chi connectivity index (χ0n) is 8.72. The van der Waals surface area contributed by atoms with Crippen molar-refractivity contribution in [3.05, 3.63) is 24.7 Å². The molecule has 0 aromatic carbocycles. The molecule has 0 radical (unpaired) electrons. The third kappa shape index (κ3) is 2.03. The maximum atomic E-state index is 5.64. The average Bonchev–Trinajstić information content (AvgIpc) is 2.66. The van der Waals surface area contributed by atoms with Crippen LogP contribution in [-0.2, 0) is 9.47 Å². The van der Waals surface area contributed by atoms with Gasteiger partial charge in [-0.1, -0.05) is 13.5 Å². The average molecular weight is 209 g/mol. The molecular formula is C10H15N3O2. The number of nitrogens with two attached hydrogens (primary N) is 1. The predicted octanol–water partition coefficient (Wildman–Crippen LogP) is 0.753. The number of aliphatic imine (C=N–C) groups is 1. The minimum absolute atomic E-state index is 0.126. The van der Waals surface area contributed by atoms with Gasteiger partial charge in [-0.15, -0.1) is 0 Å². The van der Waals surface area contributed by atoms with Gasteiger partial charge >= 0.3 is 0 Å². The van der Waals surface area contributed by atoms with Crippen LogP contribution < -0.4 is 5.73 Å². The number of hydrogen-bond acceptors (Lipinski definition) is 5. The second-order valence-electron chi connectivity index (χ2n) is 3.44. The standard InChI is InChI=1S/C10H15N3O2/c1-3-10-14-6-9(15-10)13-5-4-8(11)12-7(13)2/h4-5,9-10H,2-3,6H2,1H3,(H2,11,12)/t9-,10-/m1/s1. The van der Waals surface area contributed by atoms with Crippen molar-refractivity contribution in [1.82, 2.24) is 4.90 Å². The molecule has 2 N–H and O–H groups in total.